The molecule has 0 aliphatic carbocycles. The molecule has 2 aliphatic heterocycles. The summed E-state index contributed by atoms with van der Waals surface area (Å²) in [7, 11) is -1.33. The largest absolute Gasteiger partial charge is 0.321 e. The number of fused-ring (bicyclic) bond motifs is 1. The molecule has 1 saturated heterocycles. The van der Waals surface area contributed by atoms with Crippen LogP contribution >= 0.6 is 31.5 Å². The normalized spacial score (nSPS) is 17.7. The molecule has 1 fully saturated rings. The number of imide groups is 1. The first-order chi connectivity index (χ1) is 20.7. The molecule has 2 amide bonds. The third-order valence-electron chi connectivity index (χ3n) is 8.09. The number of carbonyl (C=O) groups excluding carboxylic acids is 2. The number of nitrogens with zero attached hydrogens (tertiary/aromatic N) is 4. The van der Waals surface area contributed by atoms with Crippen LogP contribution in [0.5, 0.6) is 0 Å². The van der Waals surface area contributed by atoms with Crippen LogP contribution in [0.2, 0.25) is 0 Å². The number of amides is 2. The van der Waals surface area contributed by atoms with Gasteiger partial charge in [0, 0.05) is 31.7 Å². The Labute approximate surface area is 272 Å². The number of likely N-dealkylation sites (tertiary alicyclic amines) is 1. The standard InChI is InChI=1S/C31H48IN4O6P/c1-25(2)36(26(3)4)43(40-24-12-18-33)41-31(15-11-23-39-42-32)16-21-34(22-17-31)19-9-5-6-10-20-35-29(37)27-13-7-8-14-28(27)30(35)38/h7-8,13-14,25-26H,5-6,9-12,15-17,19-24H2,1-4H3. The first-order valence-corrected chi connectivity index (χ1v) is 17.6. The summed E-state index contributed by atoms with van der Waals surface area (Å²) in [6.45, 7) is 12.9. The van der Waals surface area contributed by atoms with Crippen molar-refractivity contribution in [1.82, 2.24) is 14.5 Å². The SMILES string of the molecule is CC(C)N(C(C)C)P(OCCC#N)OC1(CCCOOI)CCN(CCCCCCN2C(=O)c3ccccc3C2=O)CC1. The highest BCUT2D eigenvalue weighted by Crippen LogP contribution is 2.52. The second kappa shape index (κ2) is 18.7. The molecule has 10 nitrogen and oxygen atoms in total. The number of hydrogen-bond donors (Lipinski definition) is 0. The van der Waals surface area contributed by atoms with Crippen molar-refractivity contribution in [2.45, 2.75) is 103 Å². The van der Waals surface area contributed by atoms with Crippen LogP contribution in [-0.2, 0) is 17.2 Å². The minimum absolute atomic E-state index is 0.169. The first kappa shape index (κ1) is 36.2. The third-order valence-corrected chi connectivity index (χ3v) is 10.6. The molecule has 43 heavy (non-hydrogen) atoms. The van der Waals surface area contributed by atoms with Crippen LogP contribution in [0.3, 0.4) is 0 Å². The molecule has 0 bridgehead atoms. The van der Waals surface area contributed by atoms with E-state index in [-0.39, 0.29) is 29.5 Å². The summed E-state index contributed by atoms with van der Waals surface area (Å²) in [4.78, 5) is 34.2. The van der Waals surface area contributed by atoms with Crippen LogP contribution in [0.25, 0.3) is 0 Å². The van der Waals surface area contributed by atoms with E-state index in [1.165, 1.54) is 4.90 Å². The van der Waals surface area contributed by atoms with Crippen LogP contribution in [0.4, 0.5) is 0 Å². The number of piperidine rings is 1. The summed E-state index contributed by atoms with van der Waals surface area (Å²) < 4.78 is 20.3. The van der Waals surface area contributed by atoms with Crippen molar-refractivity contribution >= 4 is 43.3 Å². The molecule has 0 radical (unpaired) electrons. The highest BCUT2D eigenvalue weighted by atomic mass is 127. The van der Waals surface area contributed by atoms with Crippen molar-refractivity contribution in [3.05, 3.63) is 35.4 Å². The van der Waals surface area contributed by atoms with Gasteiger partial charge in [0.2, 0.25) is 0 Å². The lowest BCUT2D eigenvalue weighted by Crippen LogP contribution is -2.47. The molecule has 1 aromatic carbocycles. The zero-order valence-corrected chi connectivity index (χ0v) is 29.2. The van der Waals surface area contributed by atoms with Gasteiger partial charge in [0.1, 0.15) is 0 Å². The lowest BCUT2D eigenvalue weighted by molar-refractivity contribution is -0.169. The van der Waals surface area contributed by atoms with Crippen molar-refractivity contribution in [3.8, 4) is 6.07 Å². The van der Waals surface area contributed by atoms with Gasteiger partial charge >= 0.3 is 0 Å². The number of benzene rings is 1. The molecule has 2 heterocycles. The molecule has 0 saturated carbocycles. The van der Waals surface area contributed by atoms with Crippen LogP contribution in [0.1, 0.15) is 106 Å². The monoisotopic (exact) mass is 730 g/mol. The van der Waals surface area contributed by atoms with Crippen LogP contribution in [-0.4, -0.2) is 83.4 Å². The maximum atomic E-state index is 12.6. The maximum absolute atomic E-state index is 12.6. The molecule has 1 atom stereocenters. The molecule has 12 heteroatoms. The van der Waals surface area contributed by atoms with Crippen LogP contribution in [0.15, 0.2) is 24.3 Å². The maximum Gasteiger partial charge on any atom is 0.261 e. The third kappa shape index (κ3) is 10.7. The highest BCUT2D eigenvalue weighted by molar-refractivity contribution is 14.1. The Kier molecular flexibility index (Phi) is 15.7. The van der Waals surface area contributed by atoms with Gasteiger partial charge in [0.25, 0.3) is 20.3 Å². The van der Waals surface area contributed by atoms with Gasteiger partial charge in [0.15, 0.2) is 23.0 Å². The summed E-state index contributed by atoms with van der Waals surface area (Å²) in [5.74, 6) is -0.339. The molecule has 1 aromatic rings. The average Bonchev–Trinajstić information content (AvgIpc) is 3.22. The van der Waals surface area contributed by atoms with Gasteiger partial charge in [-0.2, -0.15) is 8.48 Å². The van der Waals surface area contributed by atoms with Gasteiger partial charge in [-0.15, -0.1) is 0 Å². The molecule has 3 rings (SSSR count). The molecule has 0 spiro atoms. The van der Waals surface area contributed by atoms with E-state index in [4.69, 9.17) is 22.4 Å². The summed E-state index contributed by atoms with van der Waals surface area (Å²) in [5, 5.41) is 9.09. The fourth-order valence-corrected chi connectivity index (χ4v) is 7.97. The fourth-order valence-electron chi connectivity index (χ4n) is 5.91. The minimum atomic E-state index is -1.33. The van der Waals surface area contributed by atoms with Crippen molar-refractivity contribution < 1.29 is 26.7 Å². The fraction of sp³-hybridized carbons (Fsp3) is 0.710. The van der Waals surface area contributed by atoms with E-state index in [2.05, 4.69) is 43.3 Å². The molecule has 0 aromatic heterocycles. The molecule has 240 valence electrons. The summed E-state index contributed by atoms with van der Waals surface area (Å²) in [6, 6.07) is 9.74. The predicted octanol–water partition coefficient (Wildman–Crippen LogP) is 7.05. The van der Waals surface area contributed by atoms with Gasteiger partial charge in [-0.25, -0.2) is 9.56 Å². The van der Waals surface area contributed by atoms with Crippen molar-refractivity contribution in [2.24, 2.45) is 0 Å². The lowest BCUT2D eigenvalue weighted by Gasteiger charge is -2.46. The molecule has 2 aliphatic rings. The quantitative estimate of drug-likeness (QED) is 0.0349. The Morgan fingerprint density at radius 3 is 2.12 bits per heavy atom. The molecule has 0 N–H and O–H groups in total. The average molecular weight is 731 g/mol. The van der Waals surface area contributed by atoms with E-state index in [0.29, 0.717) is 37.3 Å². The number of rotatable bonds is 20. The van der Waals surface area contributed by atoms with E-state index in [0.717, 1.165) is 71.0 Å². The number of halogens is 1. The topological polar surface area (TPSA) is 105 Å². The Morgan fingerprint density at radius 1 is 0.953 bits per heavy atom. The summed E-state index contributed by atoms with van der Waals surface area (Å²) in [5.41, 5.74) is 0.717. The van der Waals surface area contributed by atoms with Gasteiger partial charge in [0.05, 0.1) is 42.4 Å². The van der Waals surface area contributed by atoms with Crippen molar-refractivity contribution in [3.63, 3.8) is 0 Å². The smallest absolute Gasteiger partial charge is 0.261 e. The lowest BCUT2D eigenvalue weighted by atomic mass is 9.87. The Morgan fingerprint density at radius 2 is 1.56 bits per heavy atom. The zero-order valence-electron chi connectivity index (χ0n) is 26.1. The van der Waals surface area contributed by atoms with E-state index in [1.807, 2.05) is 0 Å². The van der Waals surface area contributed by atoms with Gasteiger partial charge in [-0.1, -0.05) is 25.0 Å². The zero-order chi connectivity index (χ0) is 31.2. The predicted molar refractivity (Wildman–Crippen MR) is 175 cm³/mol. The second-order valence-electron chi connectivity index (χ2n) is 11.9. The molecule has 1 unspecified atom stereocenters. The Bertz CT molecular complexity index is 1020. The van der Waals surface area contributed by atoms with E-state index < -0.39 is 8.53 Å². The van der Waals surface area contributed by atoms with E-state index in [1.54, 1.807) is 47.3 Å². The summed E-state index contributed by atoms with van der Waals surface area (Å²) in [6.07, 6.45) is 7.77. The highest BCUT2D eigenvalue weighted by Gasteiger charge is 2.41. The molecular weight excluding hydrogens is 682 g/mol. The van der Waals surface area contributed by atoms with Crippen LogP contribution < -0.4 is 0 Å². The minimum Gasteiger partial charge on any atom is -0.321 e. The number of unbranched alkanes of at least 4 members (excludes halogenated alkanes) is 3. The first-order valence-electron chi connectivity index (χ1n) is 15.6. The van der Waals surface area contributed by atoms with Crippen LogP contribution in [0, 0.1) is 11.3 Å². The molecular formula is C31H48IN4O6P. The Balaban J connectivity index is 1.48. The van der Waals surface area contributed by atoms with Crippen molar-refractivity contribution in [1.29, 1.82) is 5.26 Å². The van der Waals surface area contributed by atoms with E-state index in [9.17, 15) is 9.59 Å². The second-order valence-corrected chi connectivity index (χ2v) is 13.6. The van der Waals surface area contributed by atoms with Gasteiger partial charge < -0.3 is 13.9 Å². The Hall–Kier alpha value is -1.23. The number of hydrogen-bond acceptors (Lipinski definition) is 9. The summed E-state index contributed by atoms with van der Waals surface area (Å²) >= 11 is 1.74. The van der Waals surface area contributed by atoms with Gasteiger partial charge in [-0.05, 0) is 84.9 Å². The van der Waals surface area contributed by atoms with Gasteiger partial charge in [-0.3, -0.25) is 14.5 Å². The van der Waals surface area contributed by atoms with Crippen molar-refractivity contribution in [2.75, 3.05) is 39.4 Å². The number of carbonyl (C=O) groups is 2. The van der Waals surface area contributed by atoms with E-state index >= 15 is 0 Å². The number of nitriles is 1.